The second-order valence-electron chi connectivity index (χ2n) is 6.68. The summed E-state index contributed by atoms with van der Waals surface area (Å²) in [6.45, 7) is 5.14. The molecule has 0 radical (unpaired) electrons. The summed E-state index contributed by atoms with van der Waals surface area (Å²) in [6, 6.07) is 6.96. The SMILES string of the molecule is C[C@@]12CNC[C@@H]1c1cccc(C3CCCC3)c1CO2. The first-order valence-electron chi connectivity index (χ1n) is 7.74. The lowest BCUT2D eigenvalue weighted by Gasteiger charge is -2.38. The predicted molar refractivity (Wildman–Crippen MR) is 76.5 cm³/mol. The van der Waals surface area contributed by atoms with Gasteiger partial charge >= 0.3 is 0 Å². The molecule has 3 aliphatic rings. The van der Waals surface area contributed by atoms with Crippen molar-refractivity contribution < 1.29 is 4.74 Å². The van der Waals surface area contributed by atoms with Crippen LogP contribution in [0.4, 0.5) is 0 Å². The molecule has 2 heterocycles. The van der Waals surface area contributed by atoms with E-state index in [0.717, 1.165) is 25.6 Å². The van der Waals surface area contributed by atoms with E-state index in [4.69, 9.17) is 4.74 Å². The molecule has 2 aliphatic heterocycles. The minimum atomic E-state index is 0.0152. The number of hydrogen-bond donors (Lipinski definition) is 1. The van der Waals surface area contributed by atoms with Crippen molar-refractivity contribution >= 4 is 0 Å². The van der Waals surface area contributed by atoms with Crippen LogP contribution in [-0.4, -0.2) is 18.7 Å². The van der Waals surface area contributed by atoms with Gasteiger partial charge in [0.1, 0.15) is 0 Å². The second kappa shape index (κ2) is 4.32. The third kappa shape index (κ3) is 1.77. The normalized spacial score (nSPS) is 34.3. The lowest BCUT2D eigenvalue weighted by atomic mass is 9.78. The Balaban J connectivity index is 1.77. The Hall–Kier alpha value is -0.860. The van der Waals surface area contributed by atoms with Gasteiger partial charge in [0, 0.05) is 19.0 Å². The van der Waals surface area contributed by atoms with E-state index >= 15 is 0 Å². The van der Waals surface area contributed by atoms with Crippen molar-refractivity contribution in [2.75, 3.05) is 13.1 Å². The van der Waals surface area contributed by atoms with Gasteiger partial charge in [-0.3, -0.25) is 0 Å². The number of benzene rings is 1. The molecule has 4 rings (SSSR count). The maximum Gasteiger partial charge on any atom is 0.0863 e. The molecule has 2 nitrogen and oxygen atoms in total. The predicted octanol–water partition coefficient (Wildman–Crippen LogP) is 3.32. The molecule has 2 heteroatoms. The molecule has 0 spiro atoms. The van der Waals surface area contributed by atoms with Crippen molar-refractivity contribution in [3.8, 4) is 0 Å². The van der Waals surface area contributed by atoms with Crippen LogP contribution in [0.3, 0.4) is 0 Å². The average Bonchev–Trinajstić information content (AvgIpc) is 3.06. The van der Waals surface area contributed by atoms with Gasteiger partial charge in [-0.15, -0.1) is 0 Å². The van der Waals surface area contributed by atoms with Gasteiger partial charge in [0.2, 0.25) is 0 Å². The molecule has 102 valence electrons. The van der Waals surface area contributed by atoms with Gasteiger partial charge in [-0.1, -0.05) is 31.0 Å². The molecular formula is C17H23NO. The number of hydrogen-bond acceptors (Lipinski definition) is 2. The first kappa shape index (κ1) is 11.9. The highest BCUT2D eigenvalue weighted by Crippen LogP contribution is 2.45. The van der Waals surface area contributed by atoms with Crippen molar-refractivity contribution in [3.63, 3.8) is 0 Å². The van der Waals surface area contributed by atoms with E-state index in [9.17, 15) is 0 Å². The highest BCUT2D eigenvalue weighted by Gasteiger charge is 2.45. The van der Waals surface area contributed by atoms with Crippen LogP contribution in [0, 0.1) is 0 Å². The van der Waals surface area contributed by atoms with Crippen molar-refractivity contribution in [2.45, 2.75) is 56.7 Å². The fourth-order valence-corrected chi connectivity index (χ4v) is 4.37. The smallest absolute Gasteiger partial charge is 0.0863 e. The van der Waals surface area contributed by atoms with E-state index < -0.39 is 0 Å². The van der Waals surface area contributed by atoms with Crippen LogP contribution in [-0.2, 0) is 11.3 Å². The zero-order valence-corrected chi connectivity index (χ0v) is 11.7. The van der Waals surface area contributed by atoms with Crippen molar-refractivity contribution in [1.29, 1.82) is 0 Å². The third-order valence-corrected chi connectivity index (χ3v) is 5.53. The largest absolute Gasteiger partial charge is 0.369 e. The molecule has 2 atom stereocenters. The van der Waals surface area contributed by atoms with Gasteiger partial charge in [0.15, 0.2) is 0 Å². The van der Waals surface area contributed by atoms with Gasteiger partial charge < -0.3 is 10.1 Å². The first-order chi connectivity index (χ1) is 9.28. The monoisotopic (exact) mass is 257 g/mol. The van der Waals surface area contributed by atoms with E-state index in [1.54, 1.807) is 11.1 Å². The molecule has 0 aromatic heterocycles. The topological polar surface area (TPSA) is 21.3 Å². The summed E-state index contributed by atoms with van der Waals surface area (Å²) >= 11 is 0. The Bertz CT molecular complexity index is 492. The maximum atomic E-state index is 6.25. The standard InChI is InChI=1S/C17H23NO/c1-17-11-18-9-16(17)14-8-4-7-13(15(14)10-19-17)12-5-2-3-6-12/h4,7-8,12,16,18H,2-3,5-6,9-11H2,1H3/t16-,17-/m1/s1. The van der Waals surface area contributed by atoms with Crippen LogP contribution in [0.1, 0.15) is 61.1 Å². The van der Waals surface area contributed by atoms with Crippen molar-refractivity contribution in [2.24, 2.45) is 0 Å². The molecule has 0 unspecified atom stereocenters. The quantitative estimate of drug-likeness (QED) is 0.833. The van der Waals surface area contributed by atoms with E-state index in [-0.39, 0.29) is 5.60 Å². The zero-order valence-electron chi connectivity index (χ0n) is 11.7. The number of ether oxygens (including phenoxy) is 1. The fourth-order valence-electron chi connectivity index (χ4n) is 4.37. The lowest BCUT2D eigenvalue weighted by molar-refractivity contribution is -0.0522. The van der Waals surface area contributed by atoms with Gasteiger partial charge in [0.05, 0.1) is 12.2 Å². The van der Waals surface area contributed by atoms with E-state index in [2.05, 4.69) is 30.4 Å². The van der Waals surface area contributed by atoms with E-state index in [1.807, 2.05) is 0 Å². The van der Waals surface area contributed by atoms with Crippen LogP contribution in [0.25, 0.3) is 0 Å². The third-order valence-electron chi connectivity index (χ3n) is 5.53. The average molecular weight is 257 g/mol. The maximum absolute atomic E-state index is 6.25. The summed E-state index contributed by atoms with van der Waals surface area (Å²) < 4.78 is 6.25. The van der Waals surface area contributed by atoms with Crippen molar-refractivity contribution in [3.05, 3.63) is 34.9 Å². The molecular weight excluding hydrogens is 234 g/mol. The summed E-state index contributed by atoms with van der Waals surface area (Å²) in [4.78, 5) is 0. The van der Waals surface area contributed by atoms with E-state index in [1.165, 1.54) is 31.2 Å². The lowest BCUT2D eigenvalue weighted by Crippen LogP contribution is -2.40. The Morgan fingerprint density at radius 2 is 2.00 bits per heavy atom. The number of nitrogens with one attached hydrogen (secondary N) is 1. The zero-order chi connectivity index (χ0) is 12.9. The minimum Gasteiger partial charge on any atom is -0.369 e. The second-order valence-corrected chi connectivity index (χ2v) is 6.68. The van der Waals surface area contributed by atoms with Crippen molar-refractivity contribution in [1.82, 2.24) is 5.32 Å². The van der Waals surface area contributed by atoms with Crippen LogP contribution in [0.2, 0.25) is 0 Å². The molecule has 1 aromatic rings. The Labute approximate surface area is 115 Å². The molecule has 1 N–H and O–H groups in total. The van der Waals surface area contributed by atoms with Crippen LogP contribution in [0.15, 0.2) is 18.2 Å². The Morgan fingerprint density at radius 1 is 1.21 bits per heavy atom. The van der Waals surface area contributed by atoms with Crippen LogP contribution >= 0.6 is 0 Å². The highest BCUT2D eigenvalue weighted by molar-refractivity contribution is 5.43. The summed E-state index contributed by atoms with van der Waals surface area (Å²) in [7, 11) is 0. The first-order valence-corrected chi connectivity index (χ1v) is 7.74. The van der Waals surface area contributed by atoms with Crippen LogP contribution in [0.5, 0.6) is 0 Å². The summed E-state index contributed by atoms with van der Waals surface area (Å²) in [5.74, 6) is 1.33. The van der Waals surface area contributed by atoms with Gasteiger partial charge in [0.25, 0.3) is 0 Å². The minimum absolute atomic E-state index is 0.0152. The fraction of sp³-hybridized carbons (Fsp3) is 0.647. The highest BCUT2D eigenvalue weighted by atomic mass is 16.5. The summed E-state index contributed by atoms with van der Waals surface area (Å²) in [5.41, 5.74) is 4.68. The molecule has 1 saturated heterocycles. The molecule has 0 bridgehead atoms. The molecule has 2 fully saturated rings. The molecule has 0 amide bonds. The number of rotatable bonds is 1. The summed E-state index contributed by atoms with van der Waals surface area (Å²) in [6.07, 6.45) is 5.54. The van der Waals surface area contributed by atoms with Gasteiger partial charge in [-0.2, -0.15) is 0 Å². The summed E-state index contributed by atoms with van der Waals surface area (Å²) in [5, 5.41) is 3.51. The van der Waals surface area contributed by atoms with Gasteiger partial charge in [-0.25, -0.2) is 0 Å². The molecule has 1 saturated carbocycles. The van der Waals surface area contributed by atoms with E-state index in [0.29, 0.717) is 5.92 Å². The Kier molecular flexibility index (Phi) is 2.71. The van der Waals surface area contributed by atoms with Crippen LogP contribution < -0.4 is 5.32 Å². The number of fused-ring (bicyclic) bond motifs is 3. The molecule has 19 heavy (non-hydrogen) atoms. The van der Waals surface area contributed by atoms with Gasteiger partial charge in [-0.05, 0) is 42.4 Å². The Morgan fingerprint density at radius 3 is 2.84 bits per heavy atom. The molecule has 1 aromatic carbocycles. The molecule has 1 aliphatic carbocycles.